The predicted octanol–water partition coefficient (Wildman–Crippen LogP) is 4.74. The largest absolute Gasteiger partial charge is 0.450 e. The van der Waals surface area contributed by atoms with E-state index in [4.69, 9.17) is 9.47 Å². The van der Waals surface area contributed by atoms with Gasteiger partial charge in [-0.15, -0.1) is 0 Å². The highest BCUT2D eigenvalue weighted by molar-refractivity contribution is 5.80. The summed E-state index contributed by atoms with van der Waals surface area (Å²) in [6.07, 6.45) is 0. The van der Waals surface area contributed by atoms with Gasteiger partial charge in [-0.1, -0.05) is 67.2 Å². The van der Waals surface area contributed by atoms with Gasteiger partial charge in [-0.25, -0.2) is 0 Å². The normalized spacial score (nSPS) is 16.3. The molecular formula is C19H18O2. The molecule has 0 amide bonds. The maximum atomic E-state index is 5.99. The van der Waals surface area contributed by atoms with E-state index in [2.05, 4.69) is 30.8 Å². The minimum Gasteiger partial charge on any atom is -0.450 e. The van der Waals surface area contributed by atoms with Crippen molar-refractivity contribution in [1.82, 2.24) is 0 Å². The van der Waals surface area contributed by atoms with Gasteiger partial charge in [-0.3, -0.25) is 0 Å². The van der Waals surface area contributed by atoms with Crippen molar-refractivity contribution in [2.75, 3.05) is 0 Å². The van der Waals surface area contributed by atoms with Crippen LogP contribution in [0.25, 0.3) is 5.57 Å². The maximum Gasteiger partial charge on any atom is 0.294 e. The lowest BCUT2D eigenvalue weighted by Gasteiger charge is -2.15. The van der Waals surface area contributed by atoms with Crippen molar-refractivity contribution in [2.45, 2.75) is 19.4 Å². The summed E-state index contributed by atoms with van der Waals surface area (Å²) in [5, 5.41) is 0. The van der Waals surface area contributed by atoms with Crippen molar-refractivity contribution >= 4 is 5.57 Å². The molecule has 0 spiro atoms. The number of hydrogen-bond acceptors (Lipinski definition) is 2. The Kier molecular flexibility index (Phi) is 3.30. The fourth-order valence-electron chi connectivity index (χ4n) is 2.26. The quantitative estimate of drug-likeness (QED) is 0.789. The summed E-state index contributed by atoms with van der Waals surface area (Å²) < 4.78 is 11.8. The van der Waals surface area contributed by atoms with Gasteiger partial charge in [0.1, 0.15) is 5.76 Å². The zero-order valence-corrected chi connectivity index (χ0v) is 12.3. The molecule has 1 fully saturated rings. The van der Waals surface area contributed by atoms with Crippen LogP contribution in [0.2, 0.25) is 0 Å². The molecule has 0 aromatic heterocycles. The van der Waals surface area contributed by atoms with E-state index >= 15 is 0 Å². The van der Waals surface area contributed by atoms with Crippen molar-refractivity contribution in [3.05, 3.63) is 90.1 Å². The number of rotatable bonds is 2. The first kappa shape index (κ1) is 13.5. The van der Waals surface area contributed by atoms with Crippen LogP contribution in [0.1, 0.15) is 25.0 Å². The summed E-state index contributed by atoms with van der Waals surface area (Å²) in [5.41, 5.74) is 2.56. The van der Waals surface area contributed by atoms with Crippen LogP contribution < -0.4 is 0 Å². The Bertz CT molecular complexity index is 641. The first-order chi connectivity index (χ1) is 10.1. The third-order valence-electron chi connectivity index (χ3n) is 3.56. The average Bonchev–Trinajstić information content (AvgIpc) is 2.75. The molecule has 2 heteroatoms. The Morgan fingerprint density at radius 2 is 1.33 bits per heavy atom. The minimum atomic E-state index is -0.510. The Hall–Kier alpha value is -2.48. The molecule has 106 valence electrons. The smallest absolute Gasteiger partial charge is 0.294 e. The van der Waals surface area contributed by atoms with Gasteiger partial charge in [-0.2, -0.15) is 0 Å². The van der Waals surface area contributed by atoms with E-state index < -0.39 is 5.60 Å². The van der Waals surface area contributed by atoms with E-state index in [0.29, 0.717) is 11.7 Å². The lowest BCUT2D eigenvalue weighted by atomic mass is 9.99. The molecule has 1 aliphatic rings. The predicted molar refractivity (Wildman–Crippen MR) is 84.3 cm³/mol. The Labute approximate surface area is 125 Å². The summed E-state index contributed by atoms with van der Waals surface area (Å²) in [7, 11) is 0. The van der Waals surface area contributed by atoms with E-state index in [1.165, 1.54) is 0 Å². The van der Waals surface area contributed by atoms with E-state index in [0.717, 1.165) is 16.7 Å². The van der Waals surface area contributed by atoms with Gasteiger partial charge >= 0.3 is 0 Å². The molecule has 2 aromatic rings. The molecule has 0 atom stereocenters. The molecule has 3 rings (SSSR count). The third kappa shape index (κ3) is 2.57. The lowest BCUT2D eigenvalue weighted by molar-refractivity contribution is 0.0880. The highest BCUT2D eigenvalue weighted by Gasteiger charge is 2.37. The number of ether oxygens (including phenoxy) is 2. The van der Waals surface area contributed by atoms with Gasteiger partial charge in [-0.05, 0) is 25.0 Å². The molecule has 0 bridgehead atoms. The van der Waals surface area contributed by atoms with E-state index in [-0.39, 0.29) is 0 Å². The summed E-state index contributed by atoms with van der Waals surface area (Å²) in [6.45, 7) is 7.85. The molecular weight excluding hydrogens is 260 g/mol. The molecule has 2 aromatic carbocycles. The Balaban J connectivity index is 2.17. The monoisotopic (exact) mass is 278 g/mol. The van der Waals surface area contributed by atoms with Crippen LogP contribution in [0.5, 0.6) is 0 Å². The van der Waals surface area contributed by atoms with Crippen LogP contribution in [-0.4, -0.2) is 5.60 Å². The van der Waals surface area contributed by atoms with Crippen LogP contribution in [0.15, 0.2) is 78.9 Å². The Morgan fingerprint density at radius 3 is 1.71 bits per heavy atom. The second-order valence-electron chi connectivity index (χ2n) is 5.53. The lowest BCUT2D eigenvalue weighted by Crippen LogP contribution is -2.18. The molecule has 0 radical (unpaired) electrons. The molecule has 2 nitrogen and oxygen atoms in total. The average molecular weight is 278 g/mol. The van der Waals surface area contributed by atoms with Crippen LogP contribution in [0, 0.1) is 0 Å². The third-order valence-corrected chi connectivity index (χ3v) is 3.56. The number of hydrogen-bond donors (Lipinski definition) is 0. The highest BCUT2D eigenvalue weighted by atomic mass is 16.7. The van der Waals surface area contributed by atoms with Gasteiger partial charge < -0.3 is 9.47 Å². The van der Waals surface area contributed by atoms with Crippen LogP contribution in [0.3, 0.4) is 0 Å². The molecule has 21 heavy (non-hydrogen) atoms. The molecule has 0 unspecified atom stereocenters. The van der Waals surface area contributed by atoms with Crippen molar-refractivity contribution in [1.29, 1.82) is 0 Å². The summed E-state index contributed by atoms with van der Waals surface area (Å²) in [4.78, 5) is 0. The fourth-order valence-corrected chi connectivity index (χ4v) is 2.26. The van der Waals surface area contributed by atoms with Gasteiger partial charge in [0.25, 0.3) is 5.95 Å². The molecule has 0 saturated carbocycles. The summed E-state index contributed by atoms with van der Waals surface area (Å²) in [6, 6.07) is 20.2. The van der Waals surface area contributed by atoms with Crippen molar-refractivity contribution < 1.29 is 9.47 Å². The van der Waals surface area contributed by atoms with Gasteiger partial charge in [0.05, 0.1) is 5.57 Å². The van der Waals surface area contributed by atoms with Gasteiger partial charge in [0.2, 0.25) is 0 Å². The zero-order valence-electron chi connectivity index (χ0n) is 12.3. The zero-order chi connectivity index (χ0) is 14.9. The van der Waals surface area contributed by atoms with Crippen LogP contribution in [-0.2, 0) is 9.47 Å². The van der Waals surface area contributed by atoms with Crippen LogP contribution >= 0.6 is 0 Å². The van der Waals surface area contributed by atoms with Crippen molar-refractivity contribution in [3.8, 4) is 0 Å². The van der Waals surface area contributed by atoms with Crippen molar-refractivity contribution in [3.63, 3.8) is 0 Å². The summed E-state index contributed by atoms with van der Waals surface area (Å²) >= 11 is 0. The van der Waals surface area contributed by atoms with E-state index in [9.17, 15) is 0 Å². The SMILES string of the molecule is C=C1OC(=C(c2ccccc2)c2ccccc2)OC1(C)C. The molecule has 0 aliphatic carbocycles. The maximum absolute atomic E-state index is 5.99. The van der Waals surface area contributed by atoms with Crippen molar-refractivity contribution in [2.24, 2.45) is 0 Å². The topological polar surface area (TPSA) is 18.5 Å². The van der Waals surface area contributed by atoms with Gasteiger partial charge in [0.15, 0.2) is 5.60 Å². The van der Waals surface area contributed by atoms with E-state index in [1.807, 2.05) is 50.2 Å². The summed E-state index contributed by atoms with van der Waals surface area (Å²) in [5.74, 6) is 1.14. The fraction of sp³-hybridized carbons (Fsp3) is 0.158. The first-order valence-corrected chi connectivity index (χ1v) is 6.99. The van der Waals surface area contributed by atoms with Gasteiger partial charge in [0, 0.05) is 0 Å². The Morgan fingerprint density at radius 1 is 0.857 bits per heavy atom. The number of benzene rings is 2. The molecule has 1 heterocycles. The van der Waals surface area contributed by atoms with E-state index in [1.54, 1.807) is 0 Å². The standard InChI is InChI=1S/C19H18O2/c1-14-19(2,3)21-18(20-14)17(15-10-6-4-7-11-15)16-12-8-5-9-13-16/h4-13H,1H2,2-3H3. The molecule has 0 N–H and O–H groups in total. The second kappa shape index (κ2) is 5.13. The van der Waals surface area contributed by atoms with Crippen LogP contribution in [0.4, 0.5) is 0 Å². The highest BCUT2D eigenvalue weighted by Crippen LogP contribution is 2.39. The molecule has 1 aliphatic heterocycles. The molecule has 1 saturated heterocycles. The second-order valence-corrected chi connectivity index (χ2v) is 5.53. The minimum absolute atomic E-state index is 0.510. The first-order valence-electron chi connectivity index (χ1n) is 6.99.